The van der Waals surface area contributed by atoms with Crippen LogP contribution in [0.25, 0.3) is 0 Å². The minimum Gasteiger partial charge on any atom is -0.378 e. The zero-order valence-corrected chi connectivity index (χ0v) is 15.8. The van der Waals surface area contributed by atoms with Crippen LogP contribution in [-0.2, 0) is 9.53 Å². The van der Waals surface area contributed by atoms with E-state index in [1.54, 1.807) is 4.90 Å². The van der Waals surface area contributed by atoms with Gasteiger partial charge < -0.3 is 24.8 Å². The average Bonchev–Trinajstić information content (AvgIpc) is 3.40. The highest BCUT2D eigenvalue weighted by Crippen LogP contribution is 2.38. The fourth-order valence-corrected chi connectivity index (χ4v) is 5.11. The van der Waals surface area contributed by atoms with Crippen LogP contribution in [-0.4, -0.2) is 91.2 Å². The van der Waals surface area contributed by atoms with E-state index < -0.39 is 0 Å². The molecule has 0 aromatic heterocycles. The van der Waals surface area contributed by atoms with Crippen LogP contribution in [0.2, 0.25) is 0 Å². The number of ether oxygens (including phenoxy) is 1. The van der Waals surface area contributed by atoms with Crippen LogP contribution in [0.5, 0.6) is 0 Å². The summed E-state index contributed by atoms with van der Waals surface area (Å²) in [5.41, 5.74) is 0. The second-order valence-electron chi connectivity index (χ2n) is 8.23. The van der Waals surface area contributed by atoms with Gasteiger partial charge in [-0.05, 0) is 37.5 Å². The van der Waals surface area contributed by atoms with Crippen LogP contribution in [0.3, 0.4) is 0 Å². The summed E-state index contributed by atoms with van der Waals surface area (Å²) in [6, 6.07) is 2.47. The number of amides is 3. The molecule has 0 radical (unpaired) electrons. The van der Waals surface area contributed by atoms with Gasteiger partial charge in [0.25, 0.3) is 0 Å². The fourth-order valence-electron chi connectivity index (χ4n) is 5.11. The monoisotopic (exact) mass is 375 g/mol. The predicted molar refractivity (Wildman–Crippen MR) is 97.7 cm³/mol. The van der Waals surface area contributed by atoms with E-state index in [0.717, 1.165) is 38.8 Å². The molecule has 0 aromatic carbocycles. The Balaban J connectivity index is 1.21. The van der Waals surface area contributed by atoms with Crippen molar-refractivity contribution in [2.75, 3.05) is 52.5 Å². The number of nitrogens with zero attached hydrogens (tertiary/aromatic N) is 4. The van der Waals surface area contributed by atoms with E-state index in [9.17, 15) is 9.59 Å². The molecule has 4 fully saturated rings. The maximum atomic E-state index is 12.6. The number of nitriles is 1. The quantitative estimate of drug-likeness (QED) is 0.764. The molecule has 27 heavy (non-hydrogen) atoms. The first-order chi connectivity index (χ1) is 13.2. The largest absolute Gasteiger partial charge is 0.378 e. The molecule has 148 valence electrons. The number of rotatable bonds is 3. The highest BCUT2D eigenvalue weighted by atomic mass is 16.5. The second kappa shape index (κ2) is 8.03. The Morgan fingerprint density at radius 2 is 1.78 bits per heavy atom. The summed E-state index contributed by atoms with van der Waals surface area (Å²) in [5.74, 6) is 1.10. The van der Waals surface area contributed by atoms with Crippen LogP contribution in [0, 0.1) is 23.2 Å². The maximum Gasteiger partial charge on any atom is 0.320 e. The van der Waals surface area contributed by atoms with Gasteiger partial charge in [0.05, 0.1) is 25.8 Å². The minimum absolute atomic E-state index is 0.0419. The van der Waals surface area contributed by atoms with Crippen LogP contribution in [0.1, 0.15) is 25.7 Å². The fraction of sp³-hybridized carbons (Fsp3) is 0.842. The number of morpholine rings is 1. The van der Waals surface area contributed by atoms with Crippen molar-refractivity contribution in [1.82, 2.24) is 20.0 Å². The van der Waals surface area contributed by atoms with Gasteiger partial charge in [0, 0.05) is 38.8 Å². The number of urea groups is 1. The van der Waals surface area contributed by atoms with Crippen LogP contribution >= 0.6 is 0 Å². The smallest absolute Gasteiger partial charge is 0.320 e. The lowest BCUT2D eigenvalue weighted by Gasteiger charge is -2.31. The minimum atomic E-state index is -0.248. The first-order valence-corrected chi connectivity index (χ1v) is 10.2. The Labute approximate surface area is 160 Å². The number of likely N-dealkylation sites (tertiary alicyclic amines) is 2. The molecule has 3 saturated heterocycles. The third-order valence-corrected chi connectivity index (χ3v) is 6.57. The molecular formula is C19H29N5O3. The molecule has 4 rings (SSSR count). The number of hydrogen-bond acceptors (Lipinski definition) is 5. The number of carbonyl (C=O) groups is 2. The van der Waals surface area contributed by atoms with Gasteiger partial charge in [0.1, 0.15) is 6.04 Å². The molecule has 3 heterocycles. The zero-order chi connectivity index (χ0) is 18.8. The SMILES string of the molecule is N#C[C@@H]1CCCN1C(=O)CN[C@@H]1C[C@@H]2CN(C(=O)N3CCOCC3)C[C@@H]2C1. The molecule has 0 aromatic rings. The standard InChI is InChI=1S/C19H29N5O3/c20-10-17-2-1-3-24(17)18(25)11-21-16-8-14-12-23(13-15(14)9-16)19(26)22-4-6-27-7-5-22/h14-17,21H,1-9,11-13H2/t14-,15+,16-,17-/m0/s1. The summed E-state index contributed by atoms with van der Waals surface area (Å²) in [6.07, 6.45) is 3.76. The van der Waals surface area contributed by atoms with Crippen molar-refractivity contribution < 1.29 is 14.3 Å². The second-order valence-corrected chi connectivity index (χ2v) is 8.23. The summed E-state index contributed by atoms with van der Waals surface area (Å²) in [5, 5.41) is 12.5. The highest BCUT2D eigenvalue weighted by molar-refractivity contribution is 5.79. The van der Waals surface area contributed by atoms with Gasteiger partial charge in [-0.2, -0.15) is 5.26 Å². The Morgan fingerprint density at radius 3 is 2.44 bits per heavy atom. The summed E-state index contributed by atoms with van der Waals surface area (Å²) >= 11 is 0. The van der Waals surface area contributed by atoms with E-state index in [1.165, 1.54) is 0 Å². The topological polar surface area (TPSA) is 88.9 Å². The third kappa shape index (κ3) is 3.90. The molecule has 0 spiro atoms. The van der Waals surface area contributed by atoms with Crippen LogP contribution in [0.15, 0.2) is 0 Å². The zero-order valence-electron chi connectivity index (χ0n) is 15.8. The Bertz CT molecular complexity index is 601. The third-order valence-electron chi connectivity index (χ3n) is 6.57. The van der Waals surface area contributed by atoms with Gasteiger partial charge >= 0.3 is 6.03 Å². The molecule has 0 unspecified atom stereocenters. The van der Waals surface area contributed by atoms with Gasteiger partial charge in [-0.15, -0.1) is 0 Å². The van der Waals surface area contributed by atoms with Crippen molar-refractivity contribution in [3.05, 3.63) is 0 Å². The van der Waals surface area contributed by atoms with Crippen molar-refractivity contribution in [1.29, 1.82) is 5.26 Å². The molecule has 4 atom stereocenters. The van der Waals surface area contributed by atoms with Gasteiger partial charge in [0.15, 0.2) is 0 Å². The van der Waals surface area contributed by atoms with E-state index in [1.807, 2.05) is 9.80 Å². The number of carbonyl (C=O) groups excluding carboxylic acids is 2. The Kier molecular flexibility index (Phi) is 5.50. The van der Waals surface area contributed by atoms with Gasteiger partial charge in [0.2, 0.25) is 5.91 Å². The van der Waals surface area contributed by atoms with Crippen molar-refractivity contribution in [2.45, 2.75) is 37.8 Å². The first kappa shape index (κ1) is 18.5. The van der Waals surface area contributed by atoms with Crippen molar-refractivity contribution in [3.8, 4) is 6.07 Å². The molecule has 1 aliphatic carbocycles. The lowest BCUT2D eigenvalue weighted by molar-refractivity contribution is -0.130. The van der Waals surface area contributed by atoms with Crippen LogP contribution in [0.4, 0.5) is 4.79 Å². The predicted octanol–water partition coefficient (Wildman–Crippen LogP) is 0.253. The number of fused-ring (bicyclic) bond motifs is 1. The van der Waals surface area contributed by atoms with Crippen LogP contribution < -0.4 is 5.32 Å². The highest BCUT2D eigenvalue weighted by Gasteiger charge is 2.43. The van der Waals surface area contributed by atoms with Crippen molar-refractivity contribution >= 4 is 11.9 Å². The molecule has 4 aliphatic rings. The molecule has 0 bridgehead atoms. The summed E-state index contributed by atoms with van der Waals surface area (Å²) < 4.78 is 5.33. The molecule has 1 N–H and O–H groups in total. The molecular weight excluding hydrogens is 346 g/mol. The maximum absolute atomic E-state index is 12.6. The van der Waals surface area contributed by atoms with E-state index in [0.29, 0.717) is 57.3 Å². The van der Waals surface area contributed by atoms with E-state index in [-0.39, 0.29) is 18.0 Å². The summed E-state index contributed by atoms with van der Waals surface area (Å²) in [4.78, 5) is 30.6. The van der Waals surface area contributed by atoms with Gasteiger partial charge in [-0.1, -0.05) is 0 Å². The number of hydrogen-bond donors (Lipinski definition) is 1. The summed E-state index contributed by atoms with van der Waals surface area (Å²) in [7, 11) is 0. The van der Waals surface area contributed by atoms with E-state index in [2.05, 4.69) is 11.4 Å². The number of nitrogens with one attached hydrogen (secondary N) is 1. The normalized spacial score (nSPS) is 33.2. The van der Waals surface area contributed by atoms with Crippen molar-refractivity contribution in [2.24, 2.45) is 11.8 Å². The molecule has 8 nitrogen and oxygen atoms in total. The lowest BCUT2D eigenvalue weighted by Crippen LogP contribution is -2.48. The molecule has 1 saturated carbocycles. The van der Waals surface area contributed by atoms with Gasteiger partial charge in [-0.25, -0.2) is 4.79 Å². The van der Waals surface area contributed by atoms with E-state index in [4.69, 9.17) is 10.00 Å². The van der Waals surface area contributed by atoms with E-state index >= 15 is 0 Å². The summed E-state index contributed by atoms with van der Waals surface area (Å²) in [6.45, 7) is 5.33. The molecule has 3 aliphatic heterocycles. The van der Waals surface area contributed by atoms with Crippen molar-refractivity contribution in [3.63, 3.8) is 0 Å². The molecule has 8 heteroatoms. The lowest BCUT2D eigenvalue weighted by atomic mass is 10.0. The first-order valence-electron chi connectivity index (χ1n) is 10.2. The Hall–Kier alpha value is -1.85. The Morgan fingerprint density at radius 1 is 1.07 bits per heavy atom. The average molecular weight is 375 g/mol. The van der Waals surface area contributed by atoms with Gasteiger partial charge in [-0.3, -0.25) is 4.79 Å². The molecule has 3 amide bonds.